The average molecular weight is 1410 g/mol. The van der Waals surface area contributed by atoms with Crippen LogP contribution in [0.3, 0.4) is 0 Å². The third-order valence-electron chi connectivity index (χ3n) is 14.1. The SMILES string of the molecule is CCCCCC(C)(C)NC(=O)c1coc(S(=O)(=O)O)c1.CCCCCCCCNC(=O)c1coc(S(=O)(=O)O)c1.CCCCCCNC(=O)c1coc(S(=O)(=O)O)c1.O=C(NC1CCCC1)c1coc(S(=O)(=O)O)c1.O=C(NC1CCCCC1)c1coc(S(=O)(=O)O)c1. The first-order chi connectivity index (χ1) is 43.5. The van der Waals surface area contributed by atoms with Gasteiger partial charge in [0.1, 0.15) is 31.3 Å². The zero-order valence-corrected chi connectivity index (χ0v) is 56.6. The highest BCUT2D eigenvalue weighted by atomic mass is 32.2. The van der Waals surface area contributed by atoms with E-state index in [-0.39, 0.29) is 57.3 Å². The van der Waals surface area contributed by atoms with Gasteiger partial charge >= 0.3 is 50.6 Å². The van der Waals surface area contributed by atoms with E-state index < -0.39 is 93.8 Å². The van der Waals surface area contributed by atoms with Crippen LogP contribution in [0.4, 0.5) is 0 Å². The Morgan fingerprint density at radius 2 is 0.645 bits per heavy atom. The molecule has 0 aliphatic heterocycles. The minimum Gasteiger partial charge on any atom is -0.450 e. The number of rotatable bonds is 29. The van der Waals surface area contributed by atoms with Gasteiger partial charge in [0, 0.05) is 61.0 Å². The second kappa shape index (κ2) is 38.6. The second-order valence-electron chi connectivity index (χ2n) is 22.5. The molecule has 35 heteroatoms. The van der Waals surface area contributed by atoms with E-state index in [0.29, 0.717) is 13.1 Å². The summed E-state index contributed by atoms with van der Waals surface area (Å²) in [6, 6.07) is 5.32. The molecule has 2 aliphatic rings. The molecule has 0 atom stereocenters. The molecule has 30 nitrogen and oxygen atoms in total. The number of furan rings is 5. The zero-order chi connectivity index (χ0) is 69.6. The van der Waals surface area contributed by atoms with Gasteiger partial charge < -0.3 is 48.7 Å². The Bertz CT molecular complexity index is 3740. The quantitative estimate of drug-likeness (QED) is 0.0157. The van der Waals surface area contributed by atoms with E-state index in [0.717, 1.165) is 184 Å². The molecule has 0 aromatic carbocycles. The third-order valence-corrected chi connectivity index (χ3v) is 17.7. The van der Waals surface area contributed by atoms with Gasteiger partial charge in [0.15, 0.2) is 0 Å². The summed E-state index contributed by atoms with van der Waals surface area (Å²) >= 11 is 0. The zero-order valence-electron chi connectivity index (χ0n) is 52.5. The van der Waals surface area contributed by atoms with E-state index >= 15 is 0 Å². The second-order valence-corrected chi connectivity index (χ2v) is 29.3. The van der Waals surface area contributed by atoms with E-state index in [1.54, 1.807) is 0 Å². The predicted molar refractivity (Wildman–Crippen MR) is 335 cm³/mol. The maximum Gasteiger partial charge on any atom is 0.328 e. The molecular formula is C58H87N5O25S5. The number of unbranched alkanes of at least 4 members (excludes halogenated alkanes) is 10. The molecule has 2 fully saturated rings. The van der Waals surface area contributed by atoms with Crippen LogP contribution in [-0.2, 0) is 50.6 Å². The Hall–Kier alpha value is -6.70. The fourth-order valence-corrected chi connectivity index (χ4v) is 11.3. The van der Waals surface area contributed by atoms with E-state index in [9.17, 15) is 66.1 Å². The van der Waals surface area contributed by atoms with Crippen molar-refractivity contribution in [2.24, 2.45) is 0 Å². The summed E-state index contributed by atoms with van der Waals surface area (Å²) in [6.07, 6.45) is 29.3. The van der Waals surface area contributed by atoms with Crippen molar-refractivity contribution in [1.29, 1.82) is 0 Å². The van der Waals surface area contributed by atoms with Crippen molar-refractivity contribution in [3.63, 3.8) is 0 Å². The van der Waals surface area contributed by atoms with Crippen LogP contribution >= 0.6 is 0 Å². The van der Waals surface area contributed by atoms with Gasteiger partial charge in [-0.15, -0.1) is 0 Å². The van der Waals surface area contributed by atoms with Crippen LogP contribution in [0.15, 0.2) is 109 Å². The number of carbonyl (C=O) groups is 5. The molecule has 5 aromatic rings. The molecule has 0 bridgehead atoms. The van der Waals surface area contributed by atoms with Gasteiger partial charge in [-0.25, -0.2) is 0 Å². The Morgan fingerprint density at radius 3 is 0.946 bits per heavy atom. The van der Waals surface area contributed by atoms with Crippen molar-refractivity contribution < 1.29 is 111 Å². The molecule has 2 saturated carbocycles. The average Bonchev–Trinajstić information content (AvgIpc) is 1.81. The number of hydrogen-bond donors (Lipinski definition) is 10. The minimum atomic E-state index is -4.42. The van der Waals surface area contributed by atoms with Crippen molar-refractivity contribution >= 4 is 80.1 Å². The molecule has 93 heavy (non-hydrogen) atoms. The van der Waals surface area contributed by atoms with Gasteiger partial charge in [-0.3, -0.25) is 46.7 Å². The van der Waals surface area contributed by atoms with Crippen LogP contribution in [0.2, 0.25) is 0 Å². The Kier molecular flexibility index (Phi) is 33.4. The fraction of sp³-hybridized carbons (Fsp3) is 0.569. The van der Waals surface area contributed by atoms with Crippen LogP contribution < -0.4 is 26.6 Å². The first kappa shape index (κ1) is 80.5. The third kappa shape index (κ3) is 30.9. The smallest absolute Gasteiger partial charge is 0.328 e. The number of nitrogens with one attached hydrogen (secondary N) is 5. The molecule has 0 radical (unpaired) electrons. The lowest BCUT2D eigenvalue weighted by molar-refractivity contribution is 0.0902. The summed E-state index contributed by atoms with van der Waals surface area (Å²) in [4.78, 5) is 58.7. The number of amides is 5. The van der Waals surface area contributed by atoms with Crippen molar-refractivity contribution in [1.82, 2.24) is 26.6 Å². The molecular weight excluding hydrogens is 1330 g/mol. The molecule has 7 rings (SSSR count). The van der Waals surface area contributed by atoms with Gasteiger partial charge in [0.25, 0.3) is 29.5 Å². The molecule has 10 N–H and O–H groups in total. The van der Waals surface area contributed by atoms with Gasteiger partial charge in [-0.2, -0.15) is 42.1 Å². The van der Waals surface area contributed by atoms with Gasteiger partial charge in [0.2, 0.25) is 25.5 Å². The maximum absolute atomic E-state index is 12.0. The normalized spacial score (nSPS) is 13.9. The molecule has 5 aromatic heterocycles. The lowest BCUT2D eigenvalue weighted by atomic mass is 9.95. The van der Waals surface area contributed by atoms with Crippen LogP contribution in [0.1, 0.15) is 234 Å². The Morgan fingerprint density at radius 1 is 0.387 bits per heavy atom. The van der Waals surface area contributed by atoms with Gasteiger partial charge in [-0.05, 0) is 58.8 Å². The van der Waals surface area contributed by atoms with E-state index in [1.165, 1.54) is 25.7 Å². The molecule has 0 unspecified atom stereocenters. The monoisotopic (exact) mass is 1410 g/mol. The molecule has 2 aliphatic carbocycles. The highest BCUT2D eigenvalue weighted by Crippen LogP contribution is 2.23. The highest BCUT2D eigenvalue weighted by molar-refractivity contribution is 7.86. The highest BCUT2D eigenvalue weighted by Gasteiger charge is 2.27. The van der Waals surface area contributed by atoms with Crippen molar-refractivity contribution in [3.05, 3.63) is 89.5 Å². The van der Waals surface area contributed by atoms with Crippen LogP contribution in [0.25, 0.3) is 0 Å². The van der Waals surface area contributed by atoms with Gasteiger partial charge in [0.05, 0.1) is 27.8 Å². The van der Waals surface area contributed by atoms with E-state index in [4.69, 9.17) is 22.8 Å². The summed E-state index contributed by atoms with van der Waals surface area (Å²) in [6.45, 7) is 11.2. The Balaban J connectivity index is 0.000000304. The Labute approximate surface area is 542 Å². The summed E-state index contributed by atoms with van der Waals surface area (Å²) in [7, 11) is -22.0. The molecule has 524 valence electrons. The topological polar surface area (TPSA) is 483 Å². The van der Waals surface area contributed by atoms with Gasteiger partial charge in [-0.1, -0.05) is 124 Å². The summed E-state index contributed by atoms with van der Waals surface area (Å²) in [5, 5.41) is 10.6. The van der Waals surface area contributed by atoms with E-state index in [1.807, 2.05) is 13.8 Å². The summed E-state index contributed by atoms with van der Waals surface area (Å²) in [5.74, 6) is -2.00. The lowest BCUT2D eigenvalue weighted by Crippen LogP contribution is -2.43. The predicted octanol–water partition coefficient (Wildman–Crippen LogP) is 9.86. The first-order valence-corrected chi connectivity index (χ1v) is 37.5. The minimum absolute atomic E-state index is 0.0705. The summed E-state index contributed by atoms with van der Waals surface area (Å²) < 4.78 is 175. The van der Waals surface area contributed by atoms with Crippen LogP contribution in [-0.4, -0.2) is 125 Å². The molecule has 5 amide bonds. The standard InChI is InChI=1S/2C13H21NO5S.C11H15NO5S.C11H17NO5S.C10H13NO5S/c1-4-5-6-7-13(2,3)14-12(15)10-8-11(19-9-10)20(16,17)18;1-2-3-4-5-6-7-8-14-13(15)11-9-12(19-10-11)20(16,17)18;13-11(12-9-4-2-1-3-5-9)8-6-10(17-7-8)18(14,15)16;1-2-3-4-5-6-12-11(13)9-7-10(17-8-9)18(14,15)16;12-10(11-8-3-1-2-4-8)7-5-9(16-6-7)17(13,14)15/h8-9H,4-7H2,1-3H3,(H,14,15)(H,16,17,18);9-10H,2-8H2,1H3,(H,14,15)(H,16,17,18);6-7,9H,1-5H2,(H,12,13)(H,14,15,16);7-8H,2-6H2,1H3,(H,12,13)(H,14,15,16);5-6,8H,1-4H2,(H,11,12)(H,13,14,15). The first-order valence-electron chi connectivity index (χ1n) is 30.3. The molecule has 0 spiro atoms. The van der Waals surface area contributed by atoms with Crippen molar-refractivity contribution in [2.45, 2.75) is 225 Å². The van der Waals surface area contributed by atoms with E-state index in [2.05, 4.69) is 69.4 Å². The number of hydrogen-bond acceptors (Lipinski definition) is 20. The van der Waals surface area contributed by atoms with Crippen LogP contribution in [0, 0.1) is 0 Å². The number of carbonyl (C=O) groups excluding carboxylic acids is 5. The largest absolute Gasteiger partial charge is 0.450 e. The lowest BCUT2D eigenvalue weighted by Gasteiger charge is -2.26. The van der Waals surface area contributed by atoms with Crippen molar-refractivity contribution in [3.8, 4) is 0 Å². The van der Waals surface area contributed by atoms with Crippen LogP contribution in [0.5, 0.6) is 0 Å². The maximum atomic E-state index is 12.0. The van der Waals surface area contributed by atoms with Crippen molar-refractivity contribution in [2.75, 3.05) is 13.1 Å². The molecule has 5 heterocycles. The molecule has 0 saturated heterocycles. The fourth-order valence-electron chi connectivity index (χ4n) is 9.03. The summed E-state index contributed by atoms with van der Waals surface area (Å²) in [5.41, 5.74) is 0.0579.